The first kappa shape index (κ1) is 28.5. The van der Waals surface area contributed by atoms with Crippen LogP contribution < -0.4 is 9.16 Å². The van der Waals surface area contributed by atoms with E-state index in [1.54, 1.807) is 14.0 Å². The maximum absolute atomic E-state index is 12.8. The number of hydrogen-bond acceptors (Lipinski definition) is 10. The number of carbonyl (C=O) groups excluding carboxylic acids is 1. The van der Waals surface area contributed by atoms with Gasteiger partial charge in [-0.3, -0.25) is 0 Å². The molecule has 0 radical (unpaired) electrons. The van der Waals surface area contributed by atoms with Crippen LogP contribution in [0.2, 0.25) is 18.1 Å². The standard InChI is InChI=1S/C22H30BrN3O5S2Si/c1-13-25-20(30-26-13)15(24-12-32)11-33-10-14-16(31-34(7,8)22(2,3)4)9-17(28-5)19(23)18(14)21(27)29-6/h9,15H,10-11H2,1-8H3. The molecule has 1 aromatic carbocycles. The van der Waals surface area contributed by atoms with E-state index in [4.69, 9.17) is 30.6 Å². The fourth-order valence-electron chi connectivity index (χ4n) is 2.72. The Kier molecular flexibility index (Phi) is 9.90. The molecule has 2 aromatic rings. The number of rotatable bonds is 10. The predicted molar refractivity (Wildman–Crippen MR) is 143 cm³/mol. The molecule has 0 spiro atoms. The Morgan fingerprint density at radius 1 is 1.35 bits per heavy atom. The summed E-state index contributed by atoms with van der Waals surface area (Å²) in [6.45, 7) is 12.5. The molecule has 0 saturated carbocycles. The number of methoxy groups -OCH3 is 2. The number of esters is 1. The van der Waals surface area contributed by atoms with Crippen LogP contribution in [-0.2, 0) is 10.5 Å². The molecule has 0 fully saturated rings. The monoisotopic (exact) mass is 587 g/mol. The lowest BCUT2D eigenvalue weighted by atomic mass is 10.1. The number of benzene rings is 1. The Morgan fingerprint density at radius 3 is 2.53 bits per heavy atom. The molecule has 1 aromatic heterocycles. The van der Waals surface area contributed by atoms with Gasteiger partial charge in [-0.1, -0.05) is 25.9 Å². The molecule has 0 aliphatic heterocycles. The largest absolute Gasteiger partial charge is 0.543 e. The molecule has 0 aliphatic rings. The third kappa shape index (κ3) is 6.69. The van der Waals surface area contributed by atoms with E-state index in [9.17, 15) is 4.79 Å². The molecule has 1 unspecified atom stereocenters. The summed E-state index contributed by atoms with van der Waals surface area (Å²) in [5.41, 5.74) is 1.08. The molecule has 0 aliphatic carbocycles. The Balaban J connectivity index is 2.49. The molecule has 1 atom stereocenters. The zero-order chi connectivity index (χ0) is 25.7. The second kappa shape index (κ2) is 11.8. The molecule has 34 heavy (non-hydrogen) atoms. The van der Waals surface area contributed by atoms with Crippen LogP contribution in [0.5, 0.6) is 11.5 Å². The highest BCUT2D eigenvalue weighted by molar-refractivity contribution is 9.10. The lowest BCUT2D eigenvalue weighted by Gasteiger charge is -2.37. The van der Waals surface area contributed by atoms with E-state index in [0.29, 0.717) is 50.3 Å². The van der Waals surface area contributed by atoms with Crippen molar-refractivity contribution in [3.63, 3.8) is 0 Å². The molecule has 8 nitrogen and oxygen atoms in total. The van der Waals surface area contributed by atoms with Gasteiger partial charge in [-0.25, -0.2) is 9.79 Å². The number of halogens is 1. The van der Waals surface area contributed by atoms with Crippen LogP contribution in [0.25, 0.3) is 0 Å². The van der Waals surface area contributed by atoms with Crippen molar-refractivity contribution < 1.29 is 23.2 Å². The number of thiocarbonyl (C=S) groups is 1. The molecular weight excluding hydrogens is 558 g/mol. The first-order chi connectivity index (χ1) is 15.9. The van der Waals surface area contributed by atoms with Crippen molar-refractivity contribution in [2.45, 2.75) is 57.6 Å². The number of hydrogen-bond donors (Lipinski definition) is 0. The van der Waals surface area contributed by atoms with Gasteiger partial charge >= 0.3 is 5.97 Å². The second-order valence-corrected chi connectivity index (χ2v) is 15.8. The van der Waals surface area contributed by atoms with Crippen LogP contribution in [0.4, 0.5) is 0 Å². The number of aromatic nitrogens is 2. The number of thioether (sulfide) groups is 1. The van der Waals surface area contributed by atoms with E-state index < -0.39 is 20.3 Å². The summed E-state index contributed by atoms with van der Waals surface area (Å²) in [6, 6.07) is 1.37. The van der Waals surface area contributed by atoms with Crippen molar-refractivity contribution in [1.82, 2.24) is 10.1 Å². The van der Waals surface area contributed by atoms with E-state index in [2.05, 4.69) is 70.1 Å². The lowest BCUT2D eigenvalue weighted by Crippen LogP contribution is -2.44. The topological polar surface area (TPSA) is 96.0 Å². The number of aliphatic imine (C=N–C) groups is 1. The summed E-state index contributed by atoms with van der Waals surface area (Å²) in [5.74, 6) is 2.41. The van der Waals surface area contributed by atoms with E-state index in [-0.39, 0.29) is 5.04 Å². The minimum absolute atomic E-state index is 0.0436. The average Bonchev–Trinajstić information content (AvgIpc) is 3.19. The smallest absolute Gasteiger partial charge is 0.339 e. The van der Waals surface area contributed by atoms with Crippen LogP contribution in [0.1, 0.15) is 54.4 Å². The van der Waals surface area contributed by atoms with E-state index in [0.717, 1.165) is 0 Å². The van der Waals surface area contributed by atoms with Crippen LogP contribution >= 0.6 is 39.9 Å². The number of isothiocyanates is 1. The highest BCUT2D eigenvalue weighted by Gasteiger charge is 2.40. The minimum Gasteiger partial charge on any atom is -0.543 e. The third-order valence-corrected chi connectivity index (χ3v) is 11.9. The summed E-state index contributed by atoms with van der Waals surface area (Å²) >= 11 is 9.84. The lowest BCUT2D eigenvalue weighted by molar-refractivity contribution is 0.0598. The third-order valence-electron chi connectivity index (χ3n) is 5.64. The Labute approximate surface area is 219 Å². The predicted octanol–water partition coefficient (Wildman–Crippen LogP) is 6.40. The quantitative estimate of drug-likeness (QED) is 0.135. The molecule has 0 N–H and O–H groups in total. The summed E-state index contributed by atoms with van der Waals surface area (Å²) in [6.07, 6.45) is 0. The van der Waals surface area contributed by atoms with Crippen molar-refractivity contribution in [3.8, 4) is 11.5 Å². The Hall–Kier alpha value is -1.72. The molecule has 0 bridgehead atoms. The number of aryl methyl sites for hydroxylation is 1. The molecule has 1 heterocycles. The van der Waals surface area contributed by atoms with Gasteiger partial charge in [0.15, 0.2) is 5.82 Å². The molecule has 2 rings (SSSR count). The number of nitrogens with zero attached hydrogens (tertiary/aromatic N) is 3. The molecule has 0 amide bonds. The maximum Gasteiger partial charge on any atom is 0.339 e. The molecule has 0 saturated heterocycles. The van der Waals surface area contributed by atoms with Crippen molar-refractivity contribution in [3.05, 3.63) is 33.4 Å². The first-order valence-electron chi connectivity index (χ1n) is 10.5. The van der Waals surface area contributed by atoms with Crippen molar-refractivity contribution in [2.75, 3.05) is 20.0 Å². The first-order valence-corrected chi connectivity index (χ1v) is 15.7. The van der Waals surface area contributed by atoms with Gasteiger partial charge in [0, 0.05) is 23.1 Å². The summed E-state index contributed by atoms with van der Waals surface area (Å²) in [7, 11) is 0.667. The Morgan fingerprint density at radius 2 is 2.03 bits per heavy atom. The number of ether oxygens (including phenoxy) is 2. The fraction of sp³-hybridized carbons (Fsp3) is 0.545. The molecular formula is C22H30BrN3O5S2Si. The Bertz CT molecular complexity index is 1080. The van der Waals surface area contributed by atoms with Gasteiger partial charge < -0.3 is 18.4 Å². The van der Waals surface area contributed by atoms with Gasteiger partial charge in [0.1, 0.15) is 17.5 Å². The van der Waals surface area contributed by atoms with Crippen LogP contribution in [-0.4, -0.2) is 49.6 Å². The molecule has 186 valence electrons. The average molecular weight is 589 g/mol. The van der Waals surface area contributed by atoms with Crippen molar-refractivity contribution >= 4 is 59.4 Å². The van der Waals surface area contributed by atoms with Gasteiger partial charge in [-0.15, -0.1) is 0 Å². The van der Waals surface area contributed by atoms with E-state index in [1.807, 2.05) is 6.07 Å². The maximum atomic E-state index is 12.8. The summed E-state index contributed by atoms with van der Waals surface area (Å²) in [5, 5.41) is 6.18. The van der Waals surface area contributed by atoms with Gasteiger partial charge in [-0.2, -0.15) is 16.7 Å². The summed E-state index contributed by atoms with van der Waals surface area (Å²) < 4.78 is 23.0. The zero-order valence-electron chi connectivity index (χ0n) is 20.6. The summed E-state index contributed by atoms with van der Waals surface area (Å²) in [4.78, 5) is 21.3. The van der Waals surface area contributed by atoms with Gasteiger partial charge in [0.25, 0.3) is 5.89 Å². The highest BCUT2D eigenvalue weighted by atomic mass is 79.9. The van der Waals surface area contributed by atoms with Crippen molar-refractivity contribution in [1.29, 1.82) is 0 Å². The van der Waals surface area contributed by atoms with Crippen LogP contribution in [0.3, 0.4) is 0 Å². The SMILES string of the molecule is COC(=O)c1c(Br)c(OC)cc(O[Si](C)(C)C(C)(C)C)c1CSCC(N=C=S)c1nc(C)no1. The molecule has 12 heteroatoms. The zero-order valence-corrected chi connectivity index (χ0v) is 24.9. The highest BCUT2D eigenvalue weighted by Crippen LogP contribution is 2.44. The second-order valence-electron chi connectivity index (χ2n) is 9.03. The van der Waals surface area contributed by atoms with Crippen LogP contribution in [0, 0.1) is 6.92 Å². The van der Waals surface area contributed by atoms with Gasteiger partial charge in [0.2, 0.25) is 8.32 Å². The van der Waals surface area contributed by atoms with E-state index in [1.165, 1.54) is 18.9 Å². The van der Waals surface area contributed by atoms with E-state index >= 15 is 0 Å². The normalized spacial score (nSPS) is 12.6. The minimum atomic E-state index is -2.23. The van der Waals surface area contributed by atoms with Crippen LogP contribution in [0.15, 0.2) is 20.1 Å². The van der Waals surface area contributed by atoms with Gasteiger partial charge in [0.05, 0.1) is 29.4 Å². The van der Waals surface area contributed by atoms with Gasteiger partial charge in [-0.05, 0) is 53.2 Å². The number of carbonyl (C=O) groups is 1. The van der Waals surface area contributed by atoms with Crippen molar-refractivity contribution in [2.24, 2.45) is 4.99 Å². The fourth-order valence-corrected chi connectivity index (χ4v) is 5.61.